The SMILES string of the molecule is Cc1cc(C(=O)Nc2cc(F)c(Br)cc2F)ccc1F. The van der Waals surface area contributed by atoms with E-state index in [1.165, 1.54) is 19.1 Å². The van der Waals surface area contributed by atoms with Gasteiger partial charge in [-0.05, 0) is 52.7 Å². The molecule has 2 nitrogen and oxygen atoms in total. The first-order valence-electron chi connectivity index (χ1n) is 5.60. The number of hydrogen-bond donors (Lipinski definition) is 1. The van der Waals surface area contributed by atoms with Crippen LogP contribution in [0.4, 0.5) is 18.9 Å². The molecule has 2 aromatic carbocycles. The highest BCUT2D eigenvalue weighted by Crippen LogP contribution is 2.24. The van der Waals surface area contributed by atoms with Gasteiger partial charge in [0.25, 0.3) is 5.91 Å². The maximum atomic E-state index is 13.6. The van der Waals surface area contributed by atoms with Crippen LogP contribution < -0.4 is 5.32 Å². The van der Waals surface area contributed by atoms with Gasteiger partial charge in [0.15, 0.2) is 0 Å². The van der Waals surface area contributed by atoms with Crippen molar-refractivity contribution < 1.29 is 18.0 Å². The van der Waals surface area contributed by atoms with E-state index in [0.717, 1.165) is 18.2 Å². The summed E-state index contributed by atoms with van der Waals surface area (Å²) in [4.78, 5) is 11.9. The fraction of sp³-hybridized carbons (Fsp3) is 0.0714. The molecule has 0 unspecified atom stereocenters. The van der Waals surface area contributed by atoms with Crippen molar-refractivity contribution in [1.29, 1.82) is 0 Å². The molecule has 0 saturated heterocycles. The number of hydrogen-bond acceptors (Lipinski definition) is 1. The molecule has 0 aromatic heterocycles. The summed E-state index contributed by atoms with van der Waals surface area (Å²) in [5.74, 6) is -2.56. The summed E-state index contributed by atoms with van der Waals surface area (Å²) >= 11 is 2.84. The summed E-state index contributed by atoms with van der Waals surface area (Å²) in [7, 11) is 0. The highest BCUT2D eigenvalue weighted by Gasteiger charge is 2.13. The zero-order valence-corrected chi connectivity index (χ0v) is 11.9. The van der Waals surface area contributed by atoms with E-state index in [9.17, 15) is 18.0 Å². The minimum Gasteiger partial charge on any atom is -0.319 e. The second-order valence-corrected chi connectivity index (χ2v) is 5.02. The van der Waals surface area contributed by atoms with E-state index in [2.05, 4.69) is 21.2 Å². The second kappa shape index (κ2) is 5.66. The van der Waals surface area contributed by atoms with Crippen LogP contribution in [-0.2, 0) is 0 Å². The minimum atomic E-state index is -0.773. The fourth-order valence-corrected chi connectivity index (χ4v) is 1.91. The van der Waals surface area contributed by atoms with Crippen LogP contribution in [0.1, 0.15) is 15.9 Å². The van der Waals surface area contributed by atoms with Crippen molar-refractivity contribution in [2.75, 3.05) is 5.32 Å². The van der Waals surface area contributed by atoms with Gasteiger partial charge in [-0.1, -0.05) is 0 Å². The van der Waals surface area contributed by atoms with Crippen LogP contribution in [0.25, 0.3) is 0 Å². The molecule has 0 fully saturated rings. The quantitative estimate of drug-likeness (QED) is 0.803. The van der Waals surface area contributed by atoms with Gasteiger partial charge in [0.2, 0.25) is 0 Å². The van der Waals surface area contributed by atoms with E-state index in [-0.39, 0.29) is 15.7 Å². The van der Waals surface area contributed by atoms with Crippen LogP contribution in [0.15, 0.2) is 34.8 Å². The van der Waals surface area contributed by atoms with Crippen molar-refractivity contribution >= 4 is 27.5 Å². The van der Waals surface area contributed by atoms with Crippen molar-refractivity contribution in [2.24, 2.45) is 0 Å². The molecule has 0 bridgehead atoms. The van der Waals surface area contributed by atoms with E-state index in [4.69, 9.17) is 0 Å². The number of nitrogens with one attached hydrogen (secondary N) is 1. The summed E-state index contributed by atoms with van der Waals surface area (Å²) in [5, 5.41) is 2.24. The number of anilines is 1. The Labute approximate surface area is 121 Å². The van der Waals surface area contributed by atoms with E-state index < -0.39 is 23.4 Å². The molecule has 0 atom stereocenters. The third-order valence-electron chi connectivity index (χ3n) is 2.68. The van der Waals surface area contributed by atoms with Crippen LogP contribution in [0, 0.1) is 24.4 Å². The minimum absolute atomic E-state index is 0.0365. The summed E-state index contributed by atoms with van der Waals surface area (Å²) in [5.41, 5.74) is 0.171. The van der Waals surface area contributed by atoms with Gasteiger partial charge in [-0.15, -0.1) is 0 Å². The van der Waals surface area contributed by atoms with Crippen LogP contribution >= 0.6 is 15.9 Å². The molecule has 0 radical (unpaired) electrons. The molecule has 104 valence electrons. The largest absolute Gasteiger partial charge is 0.319 e. The molecule has 0 spiro atoms. The summed E-state index contributed by atoms with van der Waals surface area (Å²) < 4.78 is 40.0. The Morgan fingerprint density at radius 1 is 1.05 bits per heavy atom. The number of benzene rings is 2. The van der Waals surface area contributed by atoms with Gasteiger partial charge in [0.1, 0.15) is 17.5 Å². The lowest BCUT2D eigenvalue weighted by atomic mass is 10.1. The summed E-state index contributed by atoms with van der Waals surface area (Å²) in [6, 6.07) is 5.53. The number of carbonyl (C=O) groups is 1. The van der Waals surface area contributed by atoms with Gasteiger partial charge in [-0.25, -0.2) is 13.2 Å². The van der Waals surface area contributed by atoms with E-state index >= 15 is 0 Å². The molecule has 0 heterocycles. The van der Waals surface area contributed by atoms with Gasteiger partial charge in [0, 0.05) is 11.6 Å². The Morgan fingerprint density at radius 2 is 1.75 bits per heavy atom. The second-order valence-electron chi connectivity index (χ2n) is 4.16. The molecule has 0 aliphatic rings. The monoisotopic (exact) mass is 343 g/mol. The van der Waals surface area contributed by atoms with Crippen LogP contribution in [0.2, 0.25) is 0 Å². The van der Waals surface area contributed by atoms with Crippen molar-refractivity contribution in [1.82, 2.24) is 0 Å². The first-order chi connectivity index (χ1) is 9.38. The zero-order chi connectivity index (χ0) is 14.9. The molecule has 6 heteroatoms. The predicted molar refractivity (Wildman–Crippen MR) is 73.1 cm³/mol. The van der Waals surface area contributed by atoms with Crippen molar-refractivity contribution in [3.05, 3.63) is 63.4 Å². The lowest BCUT2D eigenvalue weighted by Gasteiger charge is -2.08. The Morgan fingerprint density at radius 3 is 2.40 bits per heavy atom. The van der Waals surface area contributed by atoms with Crippen LogP contribution in [-0.4, -0.2) is 5.91 Å². The van der Waals surface area contributed by atoms with Crippen molar-refractivity contribution in [3.8, 4) is 0 Å². The molecular weight excluding hydrogens is 335 g/mol. The Kier molecular flexibility index (Phi) is 4.13. The van der Waals surface area contributed by atoms with Gasteiger partial charge < -0.3 is 5.32 Å². The third-order valence-corrected chi connectivity index (χ3v) is 3.29. The normalized spacial score (nSPS) is 10.4. The van der Waals surface area contributed by atoms with Gasteiger partial charge in [-0.2, -0.15) is 0 Å². The third kappa shape index (κ3) is 3.01. The molecule has 1 N–H and O–H groups in total. The lowest BCUT2D eigenvalue weighted by molar-refractivity contribution is 0.102. The standard InChI is InChI=1S/C14H9BrF3NO/c1-7-4-8(2-3-10(7)16)14(20)19-13-6-11(17)9(15)5-12(13)18/h2-6H,1H3,(H,19,20). The molecule has 20 heavy (non-hydrogen) atoms. The fourth-order valence-electron chi connectivity index (χ4n) is 1.60. The molecule has 2 rings (SSSR count). The molecule has 2 aromatic rings. The zero-order valence-electron chi connectivity index (χ0n) is 10.3. The van der Waals surface area contributed by atoms with Crippen molar-refractivity contribution in [2.45, 2.75) is 6.92 Å². The van der Waals surface area contributed by atoms with E-state index in [1.54, 1.807) is 0 Å². The Hall–Kier alpha value is -1.82. The maximum Gasteiger partial charge on any atom is 0.255 e. The van der Waals surface area contributed by atoms with Crippen LogP contribution in [0.5, 0.6) is 0 Å². The Bertz CT molecular complexity index is 688. The molecule has 0 aliphatic heterocycles. The molecule has 0 saturated carbocycles. The predicted octanol–water partition coefficient (Wildman–Crippen LogP) is 4.43. The smallest absolute Gasteiger partial charge is 0.255 e. The maximum absolute atomic E-state index is 13.6. The van der Waals surface area contributed by atoms with E-state index in [0.29, 0.717) is 5.56 Å². The van der Waals surface area contributed by atoms with Crippen LogP contribution in [0.3, 0.4) is 0 Å². The lowest BCUT2D eigenvalue weighted by Crippen LogP contribution is -2.13. The van der Waals surface area contributed by atoms with Crippen molar-refractivity contribution in [3.63, 3.8) is 0 Å². The van der Waals surface area contributed by atoms with Gasteiger partial charge >= 0.3 is 0 Å². The summed E-state index contributed by atoms with van der Waals surface area (Å²) in [6.45, 7) is 1.51. The number of amides is 1. The molecule has 0 aliphatic carbocycles. The topological polar surface area (TPSA) is 29.1 Å². The average Bonchev–Trinajstić information content (AvgIpc) is 2.39. The number of halogens is 4. The van der Waals surface area contributed by atoms with Gasteiger partial charge in [0.05, 0.1) is 10.2 Å². The number of rotatable bonds is 2. The average molecular weight is 344 g/mol. The number of aryl methyl sites for hydroxylation is 1. The number of carbonyl (C=O) groups excluding carboxylic acids is 1. The Balaban J connectivity index is 2.27. The van der Waals surface area contributed by atoms with E-state index in [1.807, 2.05) is 0 Å². The molecular formula is C14H9BrF3NO. The first-order valence-corrected chi connectivity index (χ1v) is 6.40. The highest BCUT2D eigenvalue weighted by atomic mass is 79.9. The van der Waals surface area contributed by atoms with Gasteiger partial charge in [-0.3, -0.25) is 4.79 Å². The molecule has 1 amide bonds. The first kappa shape index (κ1) is 14.6. The highest BCUT2D eigenvalue weighted by molar-refractivity contribution is 9.10. The summed E-state index contributed by atoms with van der Waals surface area (Å²) in [6.07, 6.45) is 0.